The van der Waals surface area contributed by atoms with Gasteiger partial charge in [-0.2, -0.15) is 0 Å². The Morgan fingerprint density at radius 3 is 2.60 bits per heavy atom. The molecule has 0 saturated heterocycles. The van der Waals surface area contributed by atoms with Crippen LogP contribution in [0.15, 0.2) is 36.4 Å². The van der Waals surface area contributed by atoms with Crippen molar-refractivity contribution in [2.45, 2.75) is 44.9 Å². The fourth-order valence-corrected chi connectivity index (χ4v) is 3.36. The van der Waals surface area contributed by atoms with Crippen molar-refractivity contribution in [3.05, 3.63) is 58.4 Å². The molecule has 1 aliphatic carbocycles. The minimum absolute atomic E-state index is 0.124. The van der Waals surface area contributed by atoms with Crippen LogP contribution in [0.25, 0.3) is 0 Å². The molecule has 0 radical (unpaired) electrons. The highest BCUT2D eigenvalue weighted by molar-refractivity contribution is 6.31. The SMILES string of the molecule is COc1cc(CNC2CCCC2)c(Cl)cc1OCc1ccccc1F. The molecule has 0 aromatic heterocycles. The average molecular weight is 364 g/mol. The van der Waals surface area contributed by atoms with Gasteiger partial charge in [0.2, 0.25) is 0 Å². The Balaban J connectivity index is 1.69. The minimum atomic E-state index is -0.287. The minimum Gasteiger partial charge on any atom is -0.493 e. The summed E-state index contributed by atoms with van der Waals surface area (Å²) in [5.41, 5.74) is 1.47. The van der Waals surface area contributed by atoms with Crippen LogP contribution in [0, 0.1) is 5.82 Å². The Bertz CT molecular complexity index is 717. The molecule has 0 heterocycles. The summed E-state index contributed by atoms with van der Waals surface area (Å²) in [7, 11) is 1.59. The molecule has 134 valence electrons. The molecule has 1 N–H and O–H groups in total. The highest BCUT2D eigenvalue weighted by Gasteiger charge is 2.16. The van der Waals surface area contributed by atoms with Crippen molar-refractivity contribution in [2.24, 2.45) is 0 Å². The summed E-state index contributed by atoms with van der Waals surface area (Å²) in [6.07, 6.45) is 5.02. The van der Waals surface area contributed by atoms with Crippen LogP contribution in [0.5, 0.6) is 11.5 Å². The largest absolute Gasteiger partial charge is 0.493 e. The summed E-state index contributed by atoms with van der Waals surface area (Å²) < 4.78 is 24.9. The van der Waals surface area contributed by atoms with E-state index in [9.17, 15) is 4.39 Å². The zero-order chi connectivity index (χ0) is 17.6. The van der Waals surface area contributed by atoms with Crippen molar-refractivity contribution in [1.82, 2.24) is 5.32 Å². The summed E-state index contributed by atoms with van der Waals surface area (Å²) in [5.74, 6) is 0.828. The summed E-state index contributed by atoms with van der Waals surface area (Å²) in [6, 6.07) is 10.8. The maximum absolute atomic E-state index is 13.7. The Morgan fingerprint density at radius 2 is 1.88 bits per heavy atom. The van der Waals surface area contributed by atoms with Crippen molar-refractivity contribution >= 4 is 11.6 Å². The topological polar surface area (TPSA) is 30.5 Å². The first kappa shape index (κ1) is 18.0. The first-order valence-corrected chi connectivity index (χ1v) is 9.01. The van der Waals surface area contributed by atoms with Crippen LogP contribution < -0.4 is 14.8 Å². The second kappa shape index (κ2) is 8.54. The maximum Gasteiger partial charge on any atom is 0.163 e. The molecule has 0 aliphatic heterocycles. The molecule has 2 aromatic rings. The lowest BCUT2D eigenvalue weighted by atomic mass is 10.1. The molecule has 3 rings (SSSR count). The smallest absolute Gasteiger partial charge is 0.163 e. The summed E-state index contributed by atoms with van der Waals surface area (Å²) in [6.45, 7) is 0.826. The molecule has 0 unspecified atom stereocenters. The van der Waals surface area contributed by atoms with Gasteiger partial charge < -0.3 is 14.8 Å². The van der Waals surface area contributed by atoms with Crippen LogP contribution in [0.3, 0.4) is 0 Å². The molecule has 1 aliphatic rings. The van der Waals surface area contributed by atoms with Gasteiger partial charge in [-0.05, 0) is 30.5 Å². The number of hydrogen-bond acceptors (Lipinski definition) is 3. The molecule has 1 saturated carbocycles. The van der Waals surface area contributed by atoms with Crippen LogP contribution in [-0.2, 0) is 13.2 Å². The van der Waals surface area contributed by atoms with E-state index in [1.165, 1.54) is 31.7 Å². The Morgan fingerprint density at radius 1 is 1.12 bits per heavy atom. The van der Waals surface area contributed by atoms with Crippen LogP contribution in [-0.4, -0.2) is 13.2 Å². The molecule has 5 heteroatoms. The number of rotatable bonds is 7. The van der Waals surface area contributed by atoms with Crippen molar-refractivity contribution in [2.75, 3.05) is 7.11 Å². The number of nitrogens with one attached hydrogen (secondary N) is 1. The molecule has 25 heavy (non-hydrogen) atoms. The summed E-state index contributed by atoms with van der Waals surface area (Å²) >= 11 is 6.41. The lowest BCUT2D eigenvalue weighted by molar-refractivity contribution is 0.279. The molecular weight excluding hydrogens is 341 g/mol. The van der Waals surface area contributed by atoms with Gasteiger partial charge in [-0.15, -0.1) is 0 Å². The van der Waals surface area contributed by atoms with Gasteiger partial charge >= 0.3 is 0 Å². The lowest BCUT2D eigenvalue weighted by Crippen LogP contribution is -2.25. The first-order valence-electron chi connectivity index (χ1n) is 8.63. The molecule has 0 bridgehead atoms. The number of ether oxygens (including phenoxy) is 2. The Labute approximate surface area is 153 Å². The van der Waals surface area contributed by atoms with Gasteiger partial charge in [-0.25, -0.2) is 4.39 Å². The molecule has 0 atom stereocenters. The fourth-order valence-electron chi connectivity index (χ4n) is 3.14. The van der Waals surface area contributed by atoms with Crippen LogP contribution in [0.2, 0.25) is 5.02 Å². The van der Waals surface area contributed by atoms with Gasteiger partial charge in [-0.1, -0.05) is 42.6 Å². The fraction of sp³-hybridized carbons (Fsp3) is 0.400. The Hall–Kier alpha value is -1.78. The van der Waals surface area contributed by atoms with E-state index in [0.29, 0.717) is 34.7 Å². The van der Waals surface area contributed by atoms with E-state index >= 15 is 0 Å². The van der Waals surface area contributed by atoms with Crippen LogP contribution >= 0.6 is 11.6 Å². The van der Waals surface area contributed by atoms with Gasteiger partial charge in [0, 0.05) is 29.2 Å². The van der Waals surface area contributed by atoms with Gasteiger partial charge in [0.15, 0.2) is 11.5 Å². The predicted octanol–water partition coefficient (Wildman–Crippen LogP) is 5.10. The number of hydrogen-bond donors (Lipinski definition) is 1. The zero-order valence-electron chi connectivity index (χ0n) is 14.4. The van der Waals surface area contributed by atoms with E-state index in [0.717, 1.165) is 5.56 Å². The first-order chi connectivity index (χ1) is 12.2. The van der Waals surface area contributed by atoms with E-state index in [1.807, 2.05) is 6.07 Å². The molecule has 1 fully saturated rings. The molecular formula is C20H23ClFNO2. The second-order valence-electron chi connectivity index (χ2n) is 6.34. The van der Waals surface area contributed by atoms with E-state index in [1.54, 1.807) is 31.4 Å². The van der Waals surface area contributed by atoms with Gasteiger partial charge in [-0.3, -0.25) is 0 Å². The standard InChI is InChI=1S/C20H23ClFNO2/c1-24-19-10-15(12-23-16-7-3-4-8-16)17(21)11-20(19)25-13-14-6-2-5-9-18(14)22/h2,5-6,9-11,16,23H,3-4,7-8,12-13H2,1H3. The molecule has 3 nitrogen and oxygen atoms in total. The average Bonchev–Trinajstić information content (AvgIpc) is 3.13. The molecule has 0 amide bonds. The van der Waals surface area contributed by atoms with Crippen LogP contribution in [0.1, 0.15) is 36.8 Å². The monoisotopic (exact) mass is 363 g/mol. The summed E-state index contributed by atoms with van der Waals surface area (Å²) in [5, 5.41) is 4.16. The number of methoxy groups -OCH3 is 1. The number of benzene rings is 2. The van der Waals surface area contributed by atoms with E-state index in [-0.39, 0.29) is 12.4 Å². The second-order valence-corrected chi connectivity index (χ2v) is 6.74. The highest BCUT2D eigenvalue weighted by Crippen LogP contribution is 2.34. The summed E-state index contributed by atoms with van der Waals surface area (Å²) in [4.78, 5) is 0. The van der Waals surface area contributed by atoms with Crippen LogP contribution in [0.4, 0.5) is 4.39 Å². The van der Waals surface area contributed by atoms with Crippen molar-refractivity contribution < 1.29 is 13.9 Å². The third-order valence-electron chi connectivity index (χ3n) is 4.61. The lowest BCUT2D eigenvalue weighted by Gasteiger charge is -2.16. The normalized spacial score (nSPS) is 14.7. The predicted molar refractivity (Wildman–Crippen MR) is 97.8 cm³/mol. The Kier molecular flexibility index (Phi) is 6.16. The van der Waals surface area contributed by atoms with E-state index < -0.39 is 0 Å². The van der Waals surface area contributed by atoms with Crippen molar-refractivity contribution in [3.8, 4) is 11.5 Å². The van der Waals surface area contributed by atoms with Gasteiger partial charge in [0.1, 0.15) is 12.4 Å². The highest BCUT2D eigenvalue weighted by atomic mass is 35.5. The number of halogens is 2. The zero-order valence-corrected chi connectivity index (χ0v) is 15.1. The van der Waals surface area contributed by atoms with Crippen molar-refractivity contribution in [3.63, 3.8) is 0 Å². The van der Waals surface area contributed by atoms with E-state index in [4.69, 9.17) is 21.1 Å². The molecule has 0 spiro atoms. The third-order valence-corrected chi connectivity index (χ3v) is 4.96. The third kappa shape index (κ3) is 4.65. The van der Waals surface area contributed by atoms with E-state index in [2.05, 4.69) is 5.32 Å². The van der Waals surface area contributed by atoms with Crippen molar-refractivity contribution in [1.29, 1.82) is 0 Å². The maximum atomic E-state index is 13.7. The molecule has 2 aromatic carbocycles. The van der Waals surface area contributed by atoms with Gasteiger partial charge in [0.05, 0.1) is 7.11 Å². The van der Waals surface area contributed by atoms with Gasteiger partial charge in [0.25, 0.3) is 0 Å². The quantitative estimate of drug-likeness (QED) is 0.742.